The average molecular weight is 372 g/mol. The highest BCUT2D eigenvalue weighted by Crippen LogP contribution is 2.23. The molecular formula is C19H28N6O2. The second-order valence-electron chi connectivity index (χ2n) is 7.33. The third-order valence-corrected chi connectivity index (χ3v) is 5.78. The standard InChI is InChI=1S/C19H28N6O2/c1-4-25-18-5-10-27-13-16(18)17(21-25)12-23-6-8-24(9-7-23)19(26)15-11-20-22(3)14(15)2/h11H,4-10,12-13H2,1-3H3. The lowest BCUT2D eigenvalue weighted by Crippen LogP contribution is -2.48. The summed E-state index contributed by atoms with van der Waals surface area (Å²) >= 11 is 0. The lowest BCUT2D eigenvalue weighted by atomic mass is 10.1. The molecule has 1 saturated heterocycles. The Morgan fingerprint density at radius 3 is 2.70 bits per heavy atom. The van der Waals surface area contributed by atoms with Crippen molar-refractivity contribution in [3.05, 3.63) is 34.4 Å². The first-order chi connectivity index (χ1) is 13.1. The van der Waals surface area contributed by atoms with Crippen LogP contribution in [0.25, 0.3) is 0 Å². The van der Waals surface area contributed by atoms with Gasteiger partial charge in [-0.05, 0) is 13.8 Å². The number of carbonyl (C=O) groups is 1. The Morgan fingerprint density at radius 1 is 1.26 bits per heavy atom. The van der Waals surface area contributed by atoms with E-state index < -0.39 is 0 Å². The topological polar surface area (TPSA) is 68.4 Å². The number of piperazine rings is 1. The molecule has 8 heteroatoms. The molecule has 2 aromatic rings. The molecule has 0 aromatic carbocycles. The molecule has 8 nitrogen and oxygen atoms in total. The van der Waals surface area contributed by atoms with E-state index in [-0.39, 0.29) is 5.91 Å². The molecular weight excluding hydrogens is 344 g/mol. The van der Waals surface area contributed by atoms with E-state index in [1.807, 2.05) is 18.9 Å². The predicted molar refractivity (Wildman–Crippen MR) is 100 cm³/mol. The van der Waals surface area contributed by atoms with E-state index in [1.165, 1.54) is 11.3 Å². The number of carbonyl (C=O) groups excluding carboxylic acids is 1. The van der Waals surface area contributed by atoms with Crippen LogP contribution in [0, 0.1) is 6.92 Å². The Balaban J connectivity index is 1.39. The van der Waals surface area contributed by atoms with E-state index in [2.05, 4.69) is 21.6 Å². The van der Waals surface area contributed by atoms with Gasteiger partial charge in [0.1, 0.15) is 0 Å². The second-order valence-corrected chi connectivity index (χ2v) is 7.33. The minimum absolute atomic E-state index is 0.0845. The van der Waals surface area contributed by atoms with Gasteiger partial charge in [0.15, 0.2) is 0 Å². The van der Waals surface area contributed by atoms with Crippen LogP contribution in [0.5, 0.6) is 0 Å². The van der Waals surface area contributed by atoms with Crippen LogP contribution in [0.1, 0.15) is 39.9 Å². The van der Waals surface area contributed by atoms with Crippen molar-refractivity contribution in [1.29, 1.82) is 0 Å². The van der Waals surface area contributed by atoms with Crippen LogP contribution in [-0.2, 0) is 37.9 Å². The maximum atomic E-state index is 12.8. The Kier molecular flexibility index (Phi) is 5.01. The van der Waals surface area contributed by atoms with Gasteiger partial charge in [-0.15, -0.1) is 0 Å². The maximum Gasteiger partial charge on any atom is 0.257 e. The highest BCUT2D eigenvalue weighted by molar-refractivity contribution is 5.95. The first-order valence-electron chi connectivity index (χ1n) is 9.74. The molecule has 0 unspecified atom stereocenters. The molecule has 146 valence electrons. The number of aryl methyl sites for hydroxylation is 2. The fourth-order valence-corrected chi connectivity index (χ4v) is 3.97. The van der Waals surface area contributed by atoms with Crippen LogP contribution >= 0.6 is 0 Å². The molecule has 2 aliphatic rings. The monoisotopic (exact) mass is 372 g/mol. The Hall–Kier alpha value is -2.19. The van der Waals surface area contributed by atoms with Gasteiger partial charge in [-0.3, -0.25) is 19.1 Å². The molecule has 1 amide bonds. The van der Waals surface area contributed by atoms with E-state index in [4.69, 9.17) is 9.84 Å². The molecule has 0 spiro atoms. The van der Waals surface area contributed by atoms with Crippen LogP contribution in [0.4, 0.5) is 0 Å². The van der Waals surface area contributed by atoms with Gasteiger partial charge in [0, 0.05) is 69.7 Å². The van der Waals surface area contributed by atoms with E-state index in [9.17, 15) is 4.79 Å². The normalized spacial score (nSPS) is 18.0. The van der Waals surface area contributed by atoms with Crippen LogP contribution in [0.15, 0.2) is 6.20 Å². The average Bonchev–Trinajstić information content (AvgIpc) is 3.22. The number of nitrogens with zero attached hydrogens (tertiary/aromatic N) is 6. The second kappa shape index (κ2) is 7.44. The maximum absolute atomic E-state index is 12.8. The fraction of sp³-hybridized carbons (Fsp3) is 0.632. The smallest absolute Gasteiger partial charge is 0.257 e. The summed E-state index contributed by atoms with van der Waals surface area (Å²) in [6.07, 6.45) is 2.62. The van der Waals surface area contributed by atoms with E-state index >= 15 is 0 Å². The quantitative estimate of drug-likeness (QED) is 0.800. The number of fused-ring (bicyclic) bond motifs is 1. The molecule has 2 aromatic heterocycles. The van der Waals surface area contributed by atoms with Crippen molar-refractivity contribution in [3.8, 4) is 0 Å². The zero-order valence-corrected chi connectivity index (χ0v) is 16.4. The van der Waals surface area contributed by atoms with Crippen molar-refractivity contribution in [2.24, 2.45) is 7.05 Å². The van der Waals surface area contributed by atoms with Gasteiger partial charge in [-0.1, -0.05) is 0 Å². The van der Waals surface area contributed by atoms with Crippen molar-refractivity contribution in [1.82, 2.24) is 29.4 Å². The van der Waals surface area contributed by atoms with Crippen molar-refractivity contribution in [3.63, 3.8) is 0 Å². The summed E-state index contributed by atoms with van der Waals surface area (Å²) in [5.74, 6) is 0.0845. The number of ether oxygens (including phenoxy) is 1. The summed E-state index contributed by atoms with van der Waals surface area (Å²) in [7, 11) is 1.86. The van der Waals surface area contributed by atoms with E-state index in [0.717, 1.165) is 63.7 Å². The molecule has 0 atom stereocenters. The minimum Gasteiger partial charge on any atom is -0.376 e. The lowest BCUT2D eigenvalue weighted by Gasteiger charge is -2.34. The third-order valence-electron chi connectivity index (χ3n) is 5.78. The Bertz CT molecular complexity index is 832. The van der Waals surface area contributed by atoms with Gasteiger partial charge in [-0.25, -0.2) is 0 Å². The number of hydrogen-bond donors (Lipinski definition) is 0. The van der Waals surface area contributed by atoms with Crippen LogP contribution in [0.3, 0.4) is 0 Å². The Labute approximate surface area is 159 Å². The zero-order chi connectivity index (χ0) is 19.0. The first kappa shape index (κ1) is 18.2. The SMILES string of the molecule is CCn1nc(CN2CCN(C(=O)c3cnn(C)c3C)CC2)c2c1CCOC2. The molecule has 1 fully saturated rings. The number of aromatic nitrogens is 4. The predicted octanol–water partition coefficient (Wildman–Crippen LogP) is 0.976. The zero-order valence-electron chi connectivity index (χ0n) is 16.4. The van der Waals surface area contributed by atoms with E-state index in [1.54, 1.807) is 10.9 Å². The van der Waals surface area contributed by atoms with Crippen LogP contribution in [0.2, 0.25) is 0 Å². The highest BCUT2D eigenvalue weighted by atomic mass is 16.5. The van der Waals surface area contributed by atoms with E-state index in [0.29, 0.717) is 12.2 Å². The molecule has 0 aliphatic carbocycles. The van der Waals surface area contributed by atoms with Gasteiger partial charge in [0.25, 0.3) is 5.91 Å². The number of hydrogen-bond acceptors (Lipinski definition) is 5. The number of rotatable bonds is 4. The molecule has 0 saturated carbocycles. The summed E-state index contributed by atoms with van der Waals surface area (Å²) in [6, 6.07) is 0. The number of amides is 1. The van der Waals surface area contributed by atoms with Gasteiger partial charge in [0.2, 0.25) is 0 Å². The molecule has 4 heterocycles. The molecule has 2 aliphatic heterocycles. The van der Waals surface area contributed by atoms with Gasteiger partial charge >= 0.3 is 0 Å². The lowest BCUT2D eigenvalue weighted by molar-refractivity contribution is 0.0623. The summed E-state index contributed by atoms with van der Waals surface area (Å²) in [6.45, 7) is 10.4. The minimum atomic E-state index is 0.0845. The van der Waals surface area contributed by atoms with Crippen molar-refractivity contribution in [2.75, 3.05) is 32.8 Å². The van der Waals surface area contributed by atoms with Gasteiger partial charge in [0.05, 0.1) is 30.7 Å². The summed E-state index contributed by atoms with van der Waals surface area (Å²) in [4.78, 5) is 17.1. The molecule has 0 radical (unpaired) electrons. The summed E-state index contributed by atoms with van der Waals surface area (Å²) < 4.78 is 9.53. The highest BCUT2D eigenvalue weighted by Gasteiger charge is 2.27. The first-order valence-corrected chi connectivity index (χ1v) is 9.74. The van der Waals surface area contributed by atoms with Crippen LogP contribution in [-0.4, -0.2) is 68.1 Å². The molecule has 0 N–H and O–H groups in total. The van der Waals surface area contributed by atoms with Gasteiger partial charge in [-0.2, -0.15) is 10.2 Å². The fourth-order valence-electron chi connectivity index (χ4n) is 3.97. The molecule has 4 rings (SSSR count). The molecule has 0 bridgehead atoms. The molecule has 27 heavy (non-hydrogen) atoms. The Morgan fingerprint density at radius 2 is 2.04 bits per heavy atom. The van der Waals surface area contributed by atoms with Crippen molar-refractivity contribution < 1.29 is 9.53 Å². The van der Waals surface area contributed by atoms with Gasteiger partial charge < -0.3 is 9.64 Å². The largest absolute Gasteiger partial charge is 0.376 e. The summed E-state index contributed by atoms with van der Waals surface area (Å²) in [5.41, 5.74) is 5.36. The summed E-state index contributed by atoms with van der Waals surface area (Å²) in [5, 5.41) is 9.01. The van der Waals surface area contributed by atoms with Crippen LogP contribution < -0.4 is 0 Å². The van der Waals surface area contributed by atoms with Crippen molar-refractivity contribution in [2.45, 2.75) is 40.0 Å². The third kappa shape index (κ3) is 3.39. The van der Waals surface area contributed by atoms with Crippen molar-refractivity contribution >= 4 is 5.91 Å².